The fourth-order valence-electron chi connectivity index (χ4n) is 1.49. The van der Waals surface area contributed by atoms with Crippen molar-refractivity contribution in [1.82, 2.24) is 4.90 Å². The largest absolute Gasteiger partial charge is 0.326 e. The molecule has 11 heavy (non-hydrogen) atoms. The SMILES string of the molecule is CC1CCN(CCF)CC1N. The summed E-state index contributed by atoms with van der Waals surface area (Å²) in [5.74, 6) is 0.603. The van der Waals surface area contributed by atoms with Gasteiger partial charge in [0.15, 0.2) is 0 Å². The minimum atomic E-state index is -0.249. The van der Waals surface area contributed by atoms with Gasteiger partial charge in [-0.3, -0.25) is 4.90 Å². The molecular weight excluding hydrogens is 143 g/mol. The lowest BCUT2D eigenvalue weighted by Gasteiger charge is -2.34. The Labute approximate surface area is 67.6 Å². The summed E-state index contributed by atoms with van der Waals surface area (Å²) in [5, 5.41) is 0. The van der Waals surface area contributed by atoms with Crippen LogP contribution in [0.15, 0.2) is 0 Å². The van der Waals surface area contributed by atoms with Gasteiger partial charge in [0.2, 0.25) is 0 Å². The van der Waals surface area contributed by atoms with Crippen LogP contribution in [0.4, 0.5) is 4.39 Å². The van der Waals surface area contributed by atoms with Gasteiger partial charge < -0.3 is 5.73 Å². The van der Waals surface area contributed by atoms with E-state index in [4.69, 9.17) is 5.73 Å². The molecule has 0 bridgehead atoms. The minimum absolute atomic E-state index is 0.246. The summed E-state index contributed by atoms with van der Waals surface area (Å²) in [7, 11) is 0. The van der Waals surface area contributed by atoms with Crippen molar-refractivity contribution >= 4 is 0 Å². The van der Waals surface area contributed by atoms with Crippen LogP contribution in [0.1, 0.15) is 13.3 Å². The molecule has 1 rings (SSSR count). The Morgan fingerprint density at radius 3 is 2.91 bits per heavy atom. The van der Waals surface area contributed by atoms with Crippen molar-refractivity contribution in [3.8, 4) is 0 Å². The fourth-order valence-corrected chi connectivity index (χ4v) is 1.49. The van der Waals surface area contributed by atoms with Crippen molar-refractivity contribution < 1.29 is 4.39 Å². The molecule has 0 spiro atoms. The Kier molecular flexibility index (Phi) is 3.27. The van der Waals surface area contributed by atoms with Gasteiger partial charge in [-0.2, -0.15) is 0 Å². The van der Waals surface area contributed by atoms with Crippen molar-refractivity contribution in [2.75, 3.05) is 26.3 Å². The van der Waals surface area contributed by atoms with Gasteiger partial charge in [-0.1, -0.05) is 6.92 Å². The first-order valence-electron chi connectivity index (χ1n) is 4.28. The average Bonchev–Trinajstić information content (AvgIpc) is 1.98. The summed E-state index contributed by atoms with van der Waals surface area (Å²) >= 11 is 0. The van der Waals surface area contributed by atoms with Gasteiger partial charge in [0.25, 0.3) is 0 Å². The molecule has 0 saturated carbocycles. The molecule has 66 valence electrons. The molecule has 0 aliphatic carbocycles. The lowest BCUT2D eigenvalue weighted by Crippen LogP contribution is -2.48. The zero-order valence-corrected chi connectivity index (χ0v) is 7.09. The normalized spacial score (nSPS) is 34.1. The molecule has 2 N–H and O–H groups in total. The fraction of sp³-hybridized carbons (Fsp3) is 1.00. The Hall–Kier alpha value is -0.150. The molecular formula is C8H17FN2. The van der Waals surface area contributed by atoms with Crippen molar-refractivity contribution in [3.05, 3.63) is 0 Å². The molecule has 1 heterocycles. The van der Waals surface area contributed by atoms with Crippen LogP contribution in [0.2, 0.25) is 0 Å². The summed E-state index contributed by atoms with van der Waals surface area (Å²) in [6.45, 7) is 4.35. The molecule has 1 aliphatic heterocycles. The average molecular weight is 160 g/mol. The molecule has 0 amide bonds. The van der Waals surface area contributed by atoms with Gasteiger partial charge in [0.05, 0.1) is 0 Å². The van der Waals surface area contributed by atoms with E-state index >= 15 is 0 Å². The van der Waals surface area contributed by atoms with E-state index in [0.29, 0.717) is 12.5 Å². The molecule has 2 atom stereocenters. The summed E-state index contributed by atoms with van der Waals surface area (Å²) in [4.78, 5) is 2.10. The molecule has 0 aromatic rings. The number of hydrogen-bond acceptors (Lipinski definition) is 2. The first-order valence-corrected chi connectivity index (χ1v) is 4.28. The first kappa shape index (κ1) is 8.94. The Bertz CT molecular complexity index is 119. The second kappa shape index (κ2) is 4.02. The summed E-state index contributed by atoms with van der Waals surface area (Å²) in [6, 6.07) is 0.246. The molecule has 1 saturated heterocycles. The molecule has 0 radical (unpaired) electrons. The number of halogens is 1. The second-order valence-electron chi connectivity index (χ2n) is 3.42. The Balaban J connectivity index is 2.28. The number of rotatable bonds is 2. The van der Waals surface area contributed by atoms with E-state index in [2.05, 4.69) is 11.8 Å². The maximum Gasteiger partial charge on any atom is 0.102 e. The molecule has 1 fully saturated rings. The maximum absolute atomic E-state index is 11.9. The zero-order chi connectivity index (χ0) is 8.27. The summed E-state index contributed by atoms with van der Waals surface area (Å²) in [6.07, 6.45) is 1.11. The van der Waals surface area contributed by atoms with E-state index in [1.807, 2.05) is 0 Å². The smallest absolute Gasteiger partial charge is 0.102 e. The Morgan fingerprint density at radius 2 is 2.36 bits per heavy atom. The van der Waals surface area contributed by atoms with Gasteiger partial charge in [-0.25, -0.2) is 4.39 Å². The number of hydrogen-bond donors (Lipinski definition) is 1. The van der Waals surface area contributed by atoms with E-state index in [9.17, 15) is 4.39 Å². The van der Waals surface area contributed by atoms with Crippen LogP contribution in [0, 0.1) is 5.92 Å². The second-order valence-corrected chi connectivity index (χ2v) is 3.42. The number of piperidine rings is 1. The van der Waals surface area contributed by atoms with Crippen LogP contribution in [-0.2, 0) is 0 Å². The van der Waals surface area contributed by atoms with Crippen LogP contribution >= 0.6 is 0 Å². The summed E-state index contributed by atoms with van der Waals surface area (Å²) in [5.41, 5.74) is 5.83. The van der Waals surface area contributed by atoms with Gasteiger partial charge in [0.1, 0.15) is 6.67 Å². The number of likely N-dealkylation sites (tertiary alicyclic amines) is 1. The molecule has 0 aromatic heterocycles. The predicted octanol–water partition coefficient (Wildman–Crippen LogP) is 0.625. The number of alkyl halides is 1. The van der Waals surface area contributed by atoms with E-state index < -0.39 is 0 Å². The van der Waals surface area contributed by atoms with Crippen molar-refractivity contribution in [3.63, 3.8) is 0 Å². The quantitative estimate of drug-likeness (QED) is 0.642. The van der Waals surface area contributed by atoms with Crippen molar-refractivity contribution in [2.24, 2.45) is 11.7 Å². The highest BCUT2D eigenvalue weighted by Crippen LogP contribution is 2.14. The molecule has 3 heteroatoms. The number of nitrogens with zero attached hydrogens (tertiary/aromatic N) is 1. The zero-order valence-electron chi connectivity index (χ0n) is 7.09. The Morgan fingerprint density at radius 1 is 1.64 bits per heavy atom. The molecule has 2 unspecified atom stereocenters. The highest BCUT2D eigenvalue weighted by Gasteiger charge is 2.22. The third-order valence-corrected chi connectivity index (χ3v) is 2.50. The van der Waals surface area contributed by atoms with E-state index in [0.717, 1.165) is 19.5 Å². The lowest BCUT2D eigenvalue weighted by atomic mass is 9.94. The molecule has 2 nitrogen and oxygen atoms in total. The molecule has 0 aromatic carbocycles. The van der Waals surface area contributed by atoms with Gasteiger partial charge in [-0.15, -0.1) is 0 Å². The topological polar surface area (TPSA) is 29.3 Å². The van der Waals surface area contributed by atoms with E-state index in [1.165, 1.54) is 0 Å². The monoisotopic (exact) mass is 160 g/mol. The van der Waals surface area contributed by atoms with Crippen molar-refractivity contribution in [2.45, 2.75) is 19.4 Å². The predicted molar refractivity (Wildman–Crippen MR) is 44.2 cm³/mol. The van der Waals surface area contributed by atoms with Crippen LogP contribution < -0.4 is 5.73 Å². The van der Waals surface area contributed by atoms with Crippen LogP contribution in [0.25, 0.3) is 0 Å². The van der Waals surface area contributed by atoms with Gasteiger partial charge in [-0.05, 0) is 18.9 Å². The standard InChI is InChI=1S/C8H17FN2/c1-7-2-4-11(5-3-9)6-8(7)10/h7-8H,2-6,10H2,1H3. The highest BCUT2D eigenvalue weighted by molar-refractivity contribution is 4.79. The minimum Gasteiger partial charge on any atom is -0.326 e. The van der Waals surface area contributed by atoms with Crippen LogP contribution in [0.3, 0.4) is 0 Å². The van der Waals surface area contributed by atoms with E-state index in [-0.39, 0.29) is 12.7 Å². The maximum atomic E-state index is 11.9. The summed E-state index contributed by atoms with van der Waals surface area (Å²) < 4.78 is 11.9. The highest BCUT2D eigenvalue weighted by atomic mass is 19.1. The van der Waals surface area contributed by atoms with Crippen LogP contribution in [-0.4, -0.2) is 37.3 Å². The van der Waals surface area contributed by atoms with Gasteiger partial charge in [0, 0.05) is 19.1 Å². The number of nitrogens with two attached hydrogens (primary N) is 1. The van der Waals surface area contributed by atoms with Crippen LogP contribution in [0.5, 0.6) is 0 Å². The van der Waals surface area contributed by atoms with E-state index in [1.54, 1.807) is 0 Å². The third-order valence-electron chi connectivity index (χ3n) is 2.50. The third kappa shape index (κ3) is 2.42. The first-order chi connectivity index (χ1) is 5.24. The van der Waals surface area contributed by atoms with Crippen molar-refractivity contribution in [1.29, 1.82) is 0 Å². The molecule has 1 aliphatic rings. The van der Waals surface area contributed by atoms with Gasteiger partial charge >= 0.3 is 0 Å². The lowest BCUT2D eigenvalue weighted by molar-refractivity contribution is 0.159.